The number of hydrogen-bond acceptors (Lipinski definition) is 5. The van der Waals surface area contributed by atoms with Gasteiger partial charge in [0.25, 0.3) is 0 Å². The molecular formula is C19H19Br2NO3S. The van der Waals surface area contributed by atoms with Crippen LogP contribution >= 0.6 is 43.2 Å². The summed E-state index contributed by atoms with van der Waals surface area (Å²) >= 11 is 8.61. The van der Waals surface area contributed by atoms with E-state index in [1.165, 1.54) is 4.88 Å². The maximum Gasteiger partial charge on any atom is 0.341 e. The van der Waals surface area contributed by atoms with E-state index in [1.54, 1.807) is 24.7 Å². The Bertz CT molecular complexity index is 838. The molecule has 0 spiro atoms. The molecule has 2 aromatic rings. The van der Waals surface area contributed by atoms with Gasteiger partial charge in [-0.25, -0.2) is 9.79 Å². The van der Waals surface area contributed by atoms with Crippen molar-refractivity contribution in [3.8, 4) is 5.75 Å². The van der Waals surface area contributed by atoms with E-state index in [4.69, 9.17) is 9.47 Å². The van der Waals surface area contributed by atoms with Crippen molar-refractivity contribution in [1.82, 2.24) is 0 Å². The Labute approximate surface area is 173 Å². The SMILES string of the molecule is CCOC(=O)c1c(/N=C/c2cc(Br)c(OC)c(Br)c2)sc2c1CCCC2. The molecule has 7 heteroatoms. The number of carbonyl (C=O) groups excluding carboxylic acids is 1. The Kier molecular flexibility index (Phi) is 6.53. The molecule has 0 fully saturated rings. The maximum atomic E-state index is 12.5. The van der Waals surface area contributed by atoms with Crippen molar-refractivity contribution in [1.29, 1.82) is 0 Å². The average Bonchev–Trinajstić information content (AvgIpc) is 2.98. The number of fused-ring (bicyclic) bond motifs is 1. The lowest BCUT2D eigenvalue weighted by atomic mass is 9.95. The topological polar surface area (TPSA) is 47.9 Å². The predicted molar refractivity (Wildman–Crippen MR) is 113 cm³/mol. The van der Waals surface area contributed by atoms with Crippen molar-refractivity contribution in [2.45, 2.75) is 32.6 Å². The van der Waals surface area contributed by atoms with E-state index in [0.717, 1.165) is 56.5 Å². The van der Waals surface area contributed by atoms with Crippen molar-refractivity contribution in [2.75, 3.05) is 13.7 Å². The number of aryl methyl sites for hydroxylation is 1. The molecule has 0 radical (unpaired) electrons. The highest BCUT2D eigenvalue weighted by molar-refractivity contribution is 9.11. The molecule has 3 rings (SSSR count). The highest BCUT2D eigenvalue weighted by Crippen LogP contribution is 2.40. The minimum atomic E-state index is -0.267. The molecule has 0 saturated carbocycles. The minimum absolute atomic E-state index is 0.267. The number of nitrogens with zero attached hydrogens (tertiary/aromatic N) is 1. The smallest absolute Gasteiger partial charge is 0.341 e. The quantitative estimate of drug-likeness (QED) is 0.368. The number of thiophene rings is 1. The first-order chi connectivity index (χ1) is 12.5. The van der Waals surface area contributed by atoms with Gasteiger partial charge in [-0.05, 0) is 87.7 Å². The molecule has 1 aliphatic rings. The number of halogens is 2. The number of methoxy groups -OCH3 is 1. The van der Waals surface area contributed by atoms with Crippen LogP contribution in [0.5, 0.6) is 5.75 Å². The number of hydrogen-bond donors (Lipinski definition) is 0. The highest BCUT2D eigenvalue weighted by atomic mass is 79.9. The van der Waals surface area contributed by atoms with Crippen molar-refractivity contribution in [2.24, 2.45) is 4.99 Å². The Morgan fingerprint density at radius 3 is 2.62 bits per heavy atom. The average molecular weight is 501 g/mol. The maximum absolute atomic E-state index is 12.5. The molecule has 0 atom stereocenters. The molecule has 4 nitrogen and oxygen atoms in total. The number of benzene rings is 1. The first-order valence-corrected chi connectivity index (χ1v) is 10.8. The third-order valence-corrected chi connectivity index (χ3v) is 6.57. The van der Waals surface area contributed by atoms with E-state index >= 15 is 0 Å². The lowest BCUT2D eigenvalue weighted by molar-refractivity contribution is 0.0526. The highest BCUT2D eigenvalue weighted by Gasteiger charge is 2.26. The summed E-state index contributed by atoms with van der Waals surface area (Å²) in [7, 11) is 1.63. The summed E-state index contributed by atoms with van der Waals surface area (Å²) < 4.78 is 12.3. The van der Waals surface area contributed by atoms with Gasteiger partial charge in [-0.15, -0.1) is 11.3 Å². The normalized spacial score (nSPS) is 13.7. The second kappa shape index (κ2) is 8.67. The van der Waals surface area contributed by atoms with Crippen LogP contribution < -0.4 is 4.74 Å². The second-order valence-corrected chi connectivity index (χ2v) is 8.68. The fraction of sp³-hybridized carbons (Fsp3) is 0.368. The zero-order valence-corrected chi connectivity index (χ0v) is 18.6. The summed E-state index contributed by atoms with van der Waals surface area (Å²) in [5, 5.41) is 0.735. The van der Waals surface area contributed by atoms with Gasteiger partial charge in [0.05, 0.1) is 28.2 Å². The predicted octanol–water partition coefficient (Wildman–Crippen LogP) is 6.09. The summed E-state index contributed by atoms with van der Waals surface area (Å²) in [6.07, 6.45) is 5.99. The number of carbonyl (C=O) groups is 1. The molecule has 26 heavy (non-hydrogen) atoms. The molecule has 0 unspecified atom stereocenters. The molecule has 1 aliphatic carbocycles. The van der Waals surface area contributed by atoms with Crippen LogP contribution in [0.1, 0.15) is 46.1 Å². The summed E-state index contributed by atoms with van der Waals surface area (Å²) in [4.78, 5) is 18.4. The number of rotatable bonds is 5. The van der Waals surface area contributed by atoms with Crippen molar-refractivity contribution >= 4 is 60.4 Å². The van der Waals surface area contributed by atoms with E-state index in [1.807, 2.05) is 19.1 Å². The van der Waals surface area contributed by atoms with E-state index < -0.39 is 0 Å². The van der Waals surface area contributed by atoms with Crippen LogP contribution in [0.25, 0.3) is 0 Å². The van der Waals surface area contributed by atoms with Crippen LogP contribution in [0.15, 0.2) is 26.1 Å². The van der Waals surface area contributed by atoms with Crippen molar-refractivity contribution < 1.29 is 14.3 Å². The van der Waals surface area contributed by atoms with Gasteiger partial charge in [0.2, 0.25) is 0 Å². The number of aliphatic imine (C=N–C) groups is 1. The molecule has 0 aliphatic heterocycles. The summed E-state index contributed by atoms with van der Waals surface area (Å²) in [5.74, 6) is 0.470. The first-order valence-electron chi connectivity index (χ1n) is 8.43. The lowest BCUT2D eigenvalue weighted by Crippen LogP contribution is -2.09. The van der Waals surface area contributed by atoms with Gasteiger partial charge in [-0.2, -0.15) is 0 Å². The largest absolute Gasteiger partial charge is 0.494 e. The third-order valence-electron chi connectivity index (χ3n) is 4.19. The Morgan fingerprint density at radius 1 is 1.27 bits per heavy atom. The lowest BCUT2D eigenvalue weighted by Gasteiger charge is -2.11. The first kappa shape index (κ1) is 19.6. The minimum Gasteiger partial charge on any atom is -0.494 e. The van der Waals surface area contributed by atoms with Gasteiger partial charge in [0.15, 0.2) is 0 Å². The molecule has 0 N–H and O–H groups in total. The summed E-state index contributed by atoms with van der Waals surface area (Å²) in [6, 6.07) is 3.87. The fourth-order valence-electron chi connectivity index (χ4n) is 3.04. The van der Waals surface area contributed by atoms with Gasteiger partial charge in [-0.1, -0.05) is 0 Å². The zero-order valence-electron chi connectivity index (χ0n) is 14.6. The van der Waals surface area contributed by atoms with E-state index in [2.05, 4.69) is 36.9 Å². The van der Waals surface area contributed by atoms with E-state index in [-0.39, 0.29) is 5.97 Å². The van der Waals surface area contributed by atoms with Crippen LogP contribution in [0.2, 0.25) is 0 Å². The third kappa shape index (κ3) is 4.05. The van der Waals surface area contributed by atoms with Crippen LogP contribution in [-0.4, -0.2) is 25.9 Å². The number of esters is 1. The second-order valence-electron chi connectivity index (χ2n) is 5.89. The Hall–Kier alpha value is -1.18. The molecule has 1 heterocycles. The molecular weight excluding hydrogens is 482 g/mol. The summed E-state index contributed by atoms with van der Waals surface area (Å²) in [5.41, 5.74) is 2.68. The van der Waals surface area contributed by atoms with Gasteiger partial charge in [-0.3, -0.25) is 0 Å². The Morgan fingerprint density at radius 2 is 1.96 bits per heavy atom. The van der Waals surface area contributed by atoms with Crippen molar-refractivity contribution in [3.05, 3.63) is 42.6 Å². The molecule has 0 bridgehead atoms. The molecule has 0 amide bonds. The van der Waals surface area contributed by atoms with E-state index in [9.17, 15) is 4.79 Å². The van der Waals surface area contributed by atoms with Crippen LogP contribution in [0, 0.1) is 0 Å². The molecule has 1 aromatic carbocycles. The van der Waals surface area contributed by atoms with Crippen LogP contribution in [0.4, 0.5) is 5.00 Å². The fourth-order valence-corrected chi connectivity index (χ4v) is 5.81. The molecule has 138 valence electrons. The molecule has 0 saturated heterocycles. The zero-order chi connectivity index (χ0) is 18.7. The Balaban J connectivity index is 1.98. The standard InChI is InChI=1S/C19H19Br2NO3S/c1-3-25-19(23)16-12-6-4-5-7-15(12)26-18(16)22-10-11-8-13(20)17(24-2)14(21)9-11/h8-10H,3-7H2,1-2H3/b22-10+. The van der Waals surface area contributed by atoms with Gasteiger partial charge < -0.3 is 9.47 Å². The van der Waals surface area contributed by atoms with Crippen LogP contribution in [0.3, 0.4) is 0 Å². The van der Waals surface area contributed by atoms with Gasteiger partial charge in [0.1, 0.15) is 10.8 Å². The van der Waals surface area contributed by atoms with E-state index in [0.29, 0.717) is 12.2 Å². The molecule has 1 aromatic heterocycles. The number of ether oxygens (including phenoxy) is 2. The van der Waals surface area contributed by atoms with Gasteiger partial charge >= 0.3 is 5.97 Å². The van der Waals surface area contributed by atoms with Crippen molar-refractivity contribution in [3.63, 3.8) is 0 Å². The summed E-state index contributed by atoms with van der Waals surface area (Å²) in [6.45, 7) is 2.19. The van der Waals surface area contributed by atoms with Gasteiger partial charge in [0, 0.05) is 11.1 Å². The van der Waals surface area contributed by atoms with Crippen LogP contribution in [-0.2, 0) is 17.6 Å². The monoisotopic (exact) mass is 499 g/mol.